The second-order valence-corrected chi connectivity index (χ2v) is 6.20. The van der Waals surface area contributed by atoms with E-state index in [1.165, 1.54) is 36.0 Å². The molecule has 3 rings (SSSR count). The third-order valence-electron chi connectivity index (χ3n) is 4.12. The van der Waals surface area contributed by atoms with Gasteiger partial charge in [0.25, 0.3) is 0 Å². The van der Waals surface area contributed by atoms with Crippen LogP contribution in [0, 0.1) is 17.8 Å². The number of rotatable bonds is 5. The first-order valence-corrected chi connectivity index (χ1v) is 7.50. The first-order chi connectivity index (χ1) is 9.16. The smallest absolute Gasteiger partial charge is 0.355 e. The Hall–Kier alpha value is -1.43. The van der Waals surface area contributed by atoms with Crippen LogP contribution in [0.25, 0.3) is 0 Å². The number of nitrogens with one attached hydrogen (secondary N) is 1. The van der Waals surface area contributed by atoms with Crippen LogP contribution < -0.4 is 5.32 Å². The van der Waals surface area contributed by atoms with E-state index in [1.54, 1.807) is 0 Å². The third-order valence-corrected chi connectivity index (χ3v) is 5.03. The molecule has 2 unspecified atom stereocenters. The summed E-state index contributed by atoms with van der Waals surface area (Å²) < 4.78 is 0. The summed E-state index contributed by atoms with van der Waals surface area (Å²) in [6, 6.07) is 0. The van der Waals surface area contributed by atoms with Gasteiger partial charge in [-0.3, -0.25) is 4.79 Å². The molecule has 2 aliphatic carbocycles. The lowest BCUT2D eigenvalue weighted by Gasteiger charge is -2.05. The summed E-state index contributed by atoms with van der Waals surface area (Å²) in [5, 5.41) is 14.0. The standard InChI is InChI=1S/C13H16N2O3S/c16-12(11-7-2-1-3-8(7)11)14-5-4-10-15-9(6-19-10)13(17)18/h6-8,11H,1-5H2,(H,14,16)(H,17,18). The summed E-state index contributed by atoms with van der Waals surface area (Å²) in [6.45, 7) is 0.543. The zero-order valence-corrected chi connectivity index (χ0v) is 11.3. The molecule has 102 valence electrons. The fraction of sp³-hybridized carbons (Fsp3) is 0.615. The molecule has 0 spiro atoms. The van der Waals surface area contributed by atoms with E-state index in [1.807, 2.05) is 0 Å². The highest BCUT2D eigenvalue weighted by molar-refractivity contribution is 7.09. The number of fused-ring (bicyclic) bond motifs is 1. The Morgan fingerprint density at radius 2 is 2.16 bits per heavy atom. The maximum atomic E-state index is 11.9. The lowest BCUT2D eigenvalue weighted by atomic mass is 10.1. The van der Waals surface area contributed by atoms with E-state index in [-0.39, 0.29) is 17.5 Å². The Balaban J connectivity index is 1.43. The number of aromatic carboxylic acids is 1. The number of nitrogens with zero attached hydrogens (tertiary/aromatic N) is 1. The lowest BCUT2D eigenvalue weighted by Crippen LogP contribution is -2.28. The van der Waals surface area contributed by atoms with Gasteiger partial charge in [0.15, 0.2) is 5.69 Å². The number of hydrogen-bond acceptors (Lipinski definition) is 4. The molecule has 5 nitrogen and oxygen atoms in total. The minimum atomic E-state index is -1.00. The fourth-order valence-electron chi connectivity index (χ4n) is 3.14. The molecule has 2 N–H and O–H groups in total. The molecule has 2 saturated carbocycles. The summed E-state index contributed by atoms with van der Waals surface area (Å²) in [5.74, 6) is 0.693. The molecule has 1 aromatic rings. The first kappa shape index (κ1) is 12.6. The summed E-state index contributed by atoms with van der Waals surface area (Å²) in [5.41, 5.74) is 0.0862. The van der Waals surface area contributed by atoms with E-state index in [9.17, 15) is 9.59 Å². The minimum absolute atomic E-state index is 0.0862. The Morgan fingerprint density at radius 3 is 2.79 bits per heavy atom. The average molecular weight is 280 g/mol. The predicted molar refractivity (Wildman–Crippen MR) is 70.1 cm³/mol. The highest BCUT2D eigenvalue weighted by Crippen LogP contribution is 2.57. The van der Waals surface area contributed by atoms with E-state index in [4.69, 9.17) is 5.11 Å². The molecule has 0 aliphatic heterocycles. The molecule has 2 fully saturated rings. The average Bonchev–Trinajstić information content (AvgIpc) is 2.80. The Bertz CT molecular complexity index is 504. The molecular formula is C13H16N2O3S. The second-order valence-electron chi connectivity index (χ2n) is 5.26. The van der Waals surface area contributed by atoms with Crippen molar-refractivity contribution in [3.63, 3.8) is 0 Å². The van der Waals surface area contributed by atoms with Crippen molar-refractivity contribution in [2.24, 2.45) is 17.8 Å². The monoisotopic (exact) mass is 280 g/mol. The normalized spacial score (nSPS) is 27.9. The molecule has 2 aliphatic rings. The molecule has 1 amide bonds. The Morgan fingerprint density at radius 1 is 1.42 bits per heavy atom. The molecule has 0 saturated heterocycles. The van der Waals surface area contributed by atoms with Crippen molar-refractivity contribution in [2.75, 3.05) is 6.54 Å². The van der Waals surface area contributed by atoms with Crippen LogP contribution >= 0.6 is 11.3 Å². The van der Waals surface area contributed by atoms with Crippen LogP contribution in [0.2, 0.25) is 0 Å². The van der Waals surface area contributed by atoms with Crippen LogP contribution in [0.5, 0.6) is 0 Å². The molecule has 1 heterocycles. The van der Waals surface area contributed by atoms with Gasteiger partial charge in [-0.05, 0) is 24.7 Å². The highest BCUT2D eigenvalue weighted by atomic mass is 32.1. The molecule has 0 bridgehead atoms. The number of carbonyl (C=O) groups excluding carboxylic acids is 1. The van der Waals surface area contributed by atoms with Crippen LogP contribution in [-0.2, 0) is 11.2 Å². The number of hydrogen-bond donors (Lipinski definition) is 2. The van der Waals surface area contributed by atoms with E-state index >= 15 is 0 Å². The molecule has 6 heteroatoms. The van der Waals surface area contributed by atoms with Gasteiger partial charge < -0.3 is 10.4 Å². The van der Waals surface area contributed by atoms with Gasteiger partial charge in [0.05, 0.1) is 5.01 Å². The largest absolute Gasteiger partial charge is 0.476 e. The van der Waals surface area contributed by atoms with Crippen LogP contribution in [-0.4, -0.2) is 28.5 Å². The number of aromatic nitrogens is 1. The summed E-state index contributed by atoms with van der Waals surface area (Å²) in [4.78, 5) is 26.6. The second kappa shape index (κ2) is 4.92. The third kappa shape index (κ3) is 2.49. The maximum absolute atomic E-state index is 11.9. The lowest BCUT2D eigenvalue weighted by molar-refractivity contribution is -0.123. The predicted octanol–water partition coefficient (Wildman–Crippen LogP) is 1.55. The van der Waals surface area contributed by atoms with Crippen molar-refractivity contribution in [1.82, 2.24) is 10.3 Å². The van der Waals surface area contributed by atoms with Crippen molar-refractivity contribution >= 4 is 23.2 Å². The van der Waals surface area contributed by atoms with Gasteiger partial charge in [-0.15, -0.1) is 11.3 Å². The Labute approximate surface area is 115 Å². The van der Waals surface area contributed by atoms with E-state index in [2.05, 4.69) is 10.3 Å². The topological polar surface area (TPSA) is 79.3 Å². The SMILES string of the molecule is O=C(O)c1csc(CCNC(=O)C2C3CCCC32)n1. The molecule has 2 atom stereocenters. The van der Waals surface area contributed by atoms with Crippen molar-refractivity contribution in [3.8, 4) is 0 Å². The zero-order valence-electron chi connectivity index (χ0n) is 10.5. The maximum Gasteiger partial charge on any atom is 0.355 e. The summed E-state index contributed by atoms with van der Waals surface area (Å²) in [7, 11) is 0. The van der Waals surface area contributed by atoms with Gasteiger partial charge in [0, 0.05) is 24.3 Å². The number of thiazole rings is 1. The fourth-order valence-corrected chi connectivity index (χ4v) is 3.92. The number of carboxylic acids is 1. The van der Waals surface area contributed by atoms with Crippen LogP contribution in [0.4, 0.5) is 0 Å². The summed E-state index contributed by atoms with van der Waals surface area (Å²) in [6.07, 6.45) is 4.29. The van der Waals surface area contributed by atoms with Crippen molar-refractivity contribution < 1.29 is 14.7 Å². The molecule has 0 radical (unpaired) electrons. The zero-order chi connectivity index (χ0) is 13.4. The molecular weight excluding hydrogens is 264 g/mol. The van der Waals surface area contributed by atoms with Gasteiger partial charge in [-0.2, -0.15) is 0 Å². The van der Waals surface area contributed by atoms with Gasteiger partial charge >= 0.3 is 5.97 Å². The van der Waals surface area contributed by atoms with Gasteiger partial charge in [0.1, 0.15) is 0 Å². The molecule has 0 aromatic carbocycles. The number of carboxylic acid groups (broad SMARTS) is 1. The van der Waals surface area contributed by atoms with Gasteiger partial charge in [-0.25, -0.2) is 9.78 Å². The first-order valence-electron chi connectivity index (χ1n) is 6.62. The number of carbonyl (C=O) groups is 2. The van der Waals surface area contributed by atoms with E-state index in [0.717, 1.165) is 5.01 Å². The van der Waals surface area contributed by atoms with E-state index in [0.29, 0.717) is 24.8 Å². The van der Waals surface area contributed by atoms with Crippen molar-refractivity contribution in [1.29, 1.82) is 0 Å². The van der Waals surface area contributed by atoms with Gasteiger partial charge in [0.2, 0.25) is 5.91 Å². The molecule has 1 aromatic heterocycles. The van der Waals surface area contributed by atoms with Gasteiger partial charge in [-0.1, -0.05) is 6.42 Å². The van der Waals surface area contributed by atoms with E-state index < -0.39 is 5.97 Å². The minimum Gasteiger partial charge on any atom is -0.476 e. The van der Waals surface area contributed by atoms with Crippen molar-refractivity contribution in [3.05, 3.63) is 16.1 Å². The Kier molecular flexibility index (Phi) is 3.26. The van der Waals surface area contributed by atoms with Crippen LogP contribution in [0.15, 0.2) is 5.38 Å². The van der Waals surface area contributed by atoms with Crippen molar-refractivity contribution in [2.45, 2.75) is 25.7 Å². The quantitative estimate of drug-likeness (QED) is 0.857. The highest BCUT2D eigenvalue weighted by Gasteiger charge is 2.56. The van der Waals surface area contributed by atoms with Crippen LogP contribution in [0.1, 0.15) is 34.8 Å². The number of amides is 1. The van der Waals surface area contributed by atoms with Crippen LogP contribution in [0.3, 0.4) is 0 Å². The molecule has 19 heavy (non-hydrogen) atoms. The summed E-state index contributed by atoms with van der Waals surface area (Å²) >= 11 is 1.33.